The zero-order valence-corrected chi connectivity index (χ0v) is 10.3. The Labute approximate surface area is 110 Å². The zero-order chi connectivity index (χ0) is 13.8. The number of benzene rings is 2. The molecule has 0 heterocycles. The number of ether oxygens (including phenoxy) is 1. The van der Waals surface area contributed by atoms with Gasteiger partial charge in [0.2, 0.25) is 0 Å². The first-order valence-corrected chi connectivity index (χ1v) is 5.55. The molecular weight excluding hydrogens is 246 g/mol. The van der Waals surface area contributed by atoms with E-state index in [1.807, 2.05) is 0 Å². The Kier molecular flexibility index (Phi) is 3.51. The second-order valence-electron chi connectivity index (χ2n) is 3.89. The maximum atomic E-state index is 11.0. The number of nitrogens with two attached hydrogens (primary N) is 1. The molecule has 0 saturated carbocycles. The Morgan fingerprint density at radius 1 is 1.26 bits per heavy atom. The molecule has 19 heavy (non-hydrogen) atoms. The Bertz CT molecular complexity index is 614. The molecule has 0 aromatic heterocycles. The molecule has 6 heteroatoms. The van der Waals surface area contributed by atoms with Gasteiger partial charge in [-0.25, -0.2) is 0 Å². The molecule has 0 aliphatic carbocycles. The molecule has 0 aliphatic rings. The molecule has 0 aliphatic heterocycles. The average Bonchev–Trinajstić information content (AvgIpc) is 2.41. The van der Waals surface area contributed by atoms with Crippen molar-refractivity contribution in [1.29, 1.82) is 0 Å². The summed E-state index contributed by atoms with van der Waals surface area (Å²) in [6, 6.07) is 11.6. The second kappa shape index (κ2) is 5.26. The molecule has 2 rings (SSSR count). The Morgan fingerprint density at radius 2 is 2.05 bits per heavy atom. The van der Waals surface area contributed by atoms with E-state index in [1.54, 1.807) is 43.5 Å². The maximum Gasteiger partial charge on any atom is 0.294 e. The maximum absolute atomic E-state index is 11.0. The minimum atomic E-state index is -0.473. The van der Waals surface area contributed by atoms with Crippen LogP contribution in [0.15, 0.2) is 42.5 Å². The summed E-state index contributed by atoms with van der Waals surface area (Å²) in [5.74, 6) is 0.670. The van der Waals surface area contributed by atoms with Crippen LogP contribution >= 0.6 is 0 Å². The summed E-state index contributed by atoms with van der Waals surface area (Å²) in [5, 5.41) is 14.0. The molecule has 3 N–H and O–H groups in total. The lowest BCUT2D eigenvalue weighted by Crippen LogP contribution is -1.98. The number of rotatable bonds is 4. The van der Waals surface area contributed by atoms with Gasteiger partial charge in [0.25, 0.3) is 5.69 Å². The van der Waals surface area contributed by atoms with Gasteiger partial charge in [-0.3, -0.25) is 10.1 Å². The van der Waals surface area contributed by atoms with Crippen molar-refractivity contribution in [3.63, 3.8) is 0 Å². The number of hydrogen-bond acceptors (Lipinski definition) is 5. The van der Waals surface area contributed by atoms with Crippen molar-refractivity contribution >= 4 is 22.7 Å². The van der Waals surface area contributed by atoms with E-state index < -0.39 is 4.92 Å². The molecule has 0 bridgehead atoms. The molecule has 98 valence electrons. The third-order valence-corrected chi connectivity index (χ3v) is 2.57. The summed E-state index contributed by atoms with van der Waals surface area (Å²) in [6.45, 7) is 0. The topological polar surface area (TPSA) is 90.4 Å². The van der Waals surface area contributed by atoms with Gasteiger partial charge < -0.3 is 15.8 Å². The van der Waals surface area contributed by atoms with Crippen LogP contribution < -0.4 is 15.8 Å². The van der Waals surface area contributed by atoms with Crippen molar-refractivity contribution in [2.75, 3.05) is 18.2 Å². The number of nitrogens with zero attached hydrogens (tertiary/aromatic N) is 1. The summed E-state index contributed by atoms with van der Waals surface area (Å²) in [7, 11) is 1.56. The number of anilines is 3. The van der Waals surface area contributed by atoms with Crippen LogP contribution in [0.3, 0.4) is 0 Å². The van der Waals surface area contributed by atoms with Gasteiger partial charge in [0.05, 0.1) is 12.0 Å². The fourth-order valence-corrected chi connectivity index (χ4v) is 1.66. The SMILES string of the molecule is COc1cccc(Nc2ccc(N)cc2[N+](=O)[O-])c1. The molecule has 0 saturated heterocycles. The van der Waals surface area contributed by atoms with Gasteiger partial charge in [-0.15, -0.1) is 0 Å². The highest BCUT2D eigenvalue weighted by atomic mass is 16.6. The van der Waals surface area contributed by atoms with Gasteiger partial charge in [-0.05, 0) is 24.3 Å². The quantitative estimate of drug-likeness (QED) is 0.500. The first-order valence-electron chi connectivity index (χ1n) is 5.55. The minimum absolute atomic E-state index is 0.0668. The summed E-state index contributed by atoms with van der Waals surface area (Å²) < 4.78 is 5.10. The van der Waals surface area contributed by atoms with E-state index in [0.717, 1.165) is 0 Å². The standard InChI is InChI=1S/C13H13N3O3/c1-19-11-4-2-3-10(8-11)15-12-6-5-9(14)7-13(12)16(17)18/h2-8,15H,14H2,1H3. The summed E-state index contributed by atoms with van der Waals surface area (Å²) in [5.41, 5.74) is 6.92. The predicted octanol–water partition coefficient (Wildman–Crippen LogP) is 2.93. The van der Waals surface area contributed by atoms with Crippen LogP contribution in [0.5, 0.6) is 5.75 Å². The van der Waals surface area contributed by atoms with Crippen molar-refractivity contribution in [3.05, 3.63) is 52.6 Å². The van der Waals surface area contributed by atoms with Crippen molar-refractivity contribution in [1.82, 2.24) is 0 Å². The summed E-state index contributed by atoms with van der Waals surface area (Å²) in [4.78, 5) is 10.5. The number of nitro groups is 1. The molecule has 0 radical (unpaired) electrons. The summed E-state index contributed by atoms with van der Waals surface area (Å²) >= 11 is 0. The smallest absolute Gasteiger partial charge is 0.294 e. The highest BCUT2D eigenvalue weighted by molar-refractivity contribution is 5.73. The molecule has 2 aromatic rings. The Hall–Kier alpha value is -2.76. The summed E-state index contributed by atoms with van der Waals surface area (Å²) in [6.07, 6.45) is 0. The number of hydrogen-bond donors (Lipinski definition) is 2. The van der Waals surface area contributed by atoms with E-state index in [0.29, 0.717) is 22.8 Å². The molecule has 6 nitrogen and oxygen atoms in total. The van der Waals surface area contributed by atoms with E-state index in [2.05, 4.69) is 5.32 Å². The molecule has 0 spiro atoms. The third-order valence-electron chi connectivity index (χ3n) is 2.57. The molecule has 0 atom stereocenters. The monoisotopic (exact) mass is 259 g/mol. The first kappa shape index (κ1) is 12.7. The van der Waals surface area contributed by atoms with Crippen molar-refractivity contribution in [3.8, 4) is 5.75 Å². The number of nitro benzene ring substituents is 1. The van der Waals surface area contributed by atoms with Crippen LogP contribution in [0.1, 0.15) is 0 Å². The molecule has 0 fully saturated rings. The largest absolute Gasteiger partial charge is 0.497 e. The zero-order valence-electron chi connectivity index (χ0n) is 10.3. The van der Waals surface area contributed by atoms with E-state index in [1.165, 1.54) is 6.07 Å². The lowest BCUT2D eigenvalue weighted by Gasteiger charge is -2.09. The normalized spacial score (nSPS) is 9.95. The number of nitrogens with one attached hydrogen (secondary N) is 1. The van der Waals surface area contributed by atoms with Gasteiger partial charge >= 0.3 is 0 Å². The van der Waals surface area contributed by atoms with Crippen molar-refractivity contribution in [2.24, 2.45) is 0 Å². The average molecular weight is 259 g/mol. The molecule has 2 aromatic carbocycles. The predicted molar refractivity (Wildman–Crippen MR) is 73.8 cm³/mol. The minimum Gasteiger partial charge on any atom is -0.497 e. The fraction of sp³-hybridized carbons (Fsp3) is 0.0769. The van der Waals surface area contributed by atoms with Gasteiger partial charge in [0.1, 0.15) is 11.4 Å². The molecule has 0 unspecified atom stereocenters. The van der Waals surface area contributed by atoms with Gasteiger partial charge in [-0.1, -0.05) is 6.07 Å². The molecule has 0 amide bonds. The van der Waals surface area contributed by atoms with Crippen molar-refractivity contribution < 1.29 is 9.66 Å². The molecular formula is C13H13N3O3. The van der Waals surface area contributed by atoms with Crippen LogP contribution in [0.4, 0.5) is 22.7 Å². The van der Waals surface area contributed by atoms with E-state index >= 15 is 0 Å². The van der Waals surface area contributed by atoms with Gasteiger partial charge in [-0.2, -0.15) is 0 Å². The number of methoxy groups -OCH3 is 1. The van der Waals surface area contributed by atoms with Crippen LogP contribution in [0, 0.1) is 10.1 Å². The fourth-order valence-electron chi connectivity index (χ4n) is 1.66. The highest BCUT2D eigenvalue weighted by Gasteiger charge is 2.14. The van der Waals surface area contributed by atoms with Crippen LogP contribution in [0.25, 0.3) is 0 Å². The lowest BCUT2D eigenvalue weighted by atomic mass is 10.2. The van der Waals surface area contributed by atoms with E-state index in [4.69, 9.17) is 10.5 Å². The van der Waals surface area contributed by atoms with Gasteiger partial charge in [0, 0.05) is 23.5 Å². The Morgan fingerprint density at radius 3 is 2.74 bits per heavy atom. The van der Waals surface area contributed by atoms with E-state index in [9.17, 15) is 10.1 Å². The highest BCUT2D eigenvalue weighted by Crippen LogP contribution is 2.30. The van der Waals surface area contributed by atoms with Crippen LogP contribution in [-0.2, 0) is 0 Å². The van der Waals surface area contributed by atoms with Crippen LogP contribution in [-0.4, -0.2) is 12.0 Å². The van der Waals surface area contributed by atoms with Crippen LogP contribution in [0.2, 0.25) is 0 Å². The second-order valence-corrected chi connectivity index (χ2v) is 3.89. The third kappa shape index (κ3) is 2.92. The van der Waals surface area contributed by atoms with Gasteiger partial charge in [0.15, 0.2) is 0 Å². The lowest BCUT2D eigenvalue weighted by molar-refractivity contribution is -0.383. The van der Waals surface area contributed by atoms with Crippen molar-refractivity contribution in [2.45, 2.75) is 0 Å². The first-order chi connectivity index (χ1) is 9.10. The van der Waals surface area contributed by atoms with E-state index in [-0.39, 0.29) is 5.69 Å². The number of nitrogen functional groups attached to an aromatic ring is 1. The Balaban J connectivity index is 2.34.